The Morgan fingerprint density at radius 2 is 2.15 bits per heavy atom. The normalized spacial score (nSPS) is 12.5. The van der Waals surface area contributed by atoms with Crippen molar-refractivity contribution in [2.24, 2.45) is 0 Å². The first-order valence-corrected chi connectivity index (χ1v) is 5.57. The fourth-order valence-electron chi connectivity index (χ4n) is 1.05. The standard InChI is InChI=1S/C11H12ClS/c1-4-8(2)9-5-10(12)7-11(6-9)13-3/h4-8H,1-2H2,3H3. The predicted molar refractivity (Wildman–Crippen MR) is 61.5 cm³/mol. The smallest absolute Gasteiger partial charge is 0.0420 e. The summed E-state index contributed by atoms with van der Waals surface area (Å²) in [6.07, 6.45) is 3.84. The molecule has 0 bridgehead atoms. The maximum atomic E-state index is 5.95. The average molecular weight is 212 g/mol. The molecule has 0 aromatic heterocycles. The van der Waals surface area contributed by atoms with E-state index in [9.17, 15) is 0 Å². The molecule has 1 aromatic carbocycles. The summed E-state index contributed by atoms with van der Waals surface area (Å²) in [5, 5.41) is 0.761. The molecule has 13 heavy (non-hydrogen) atoms. The van der Waals surface area contributed by atoms with Gasteiger partial charge in [-0.2, -0.15) is 0 Å². The van der Waals surface area contributed by atoms with Crippen molar-refractivity contribution < 1.29 is 0 Å². The molecule has 0 saturated carbocycles. The lowest BCUT2D eigenvalue weighted by Gasteiger charge is -2.08. The maximum absolute atomic E-state index is 5.95. The van der Waals surface area contributed by atoms with E-state index in [0.717, 1.165) is 15.5 Å². The molecule has 0 aliphatic rings. The molecule has 1 atom stereocenters. The summed E-state index contributed by atoms with van der Waals surface area (Å²) >= 11 is 7.63. The summed E-state index contributed by atoms with van der Waals surface area (Å²) in [6.45, 7) is 7.67. The van der Waals surface area contributed by atoms with Gasteiger partial charge in [0.1, 0.15) is 0 Å². The minimum Gasteiger partial charge on any atom is -0.130 e. The lowest BCUT2D eigenvalue weighted by Crippen LogP contribution is -1.89. The quantitative estimate of drug-likeness (QED) is 0.534. The molecule has 0 N–H and O–H groups in total. The number of hydrogen-bond acceptors (Lipinski definition) is 1. The molecule has 0 fully saturated rings. The number of allylic oxidation sites excluding steroid dienone is 1. The van der Waals surface area contributed by atoms with Gasteiger partial charge >= 0.3 is 0 Å². The van der Waals surface area contributed by atoms with Gasteiger partial charge in [-0.15, -0.1) is 18.3 Å². The Morgan fingerprint density at radius 3 is 2.69 bits per heavy atom. The number of thioether (sulfide) groups is 1. The first-order chi connectivity index (χ1) is 6.17. The topological polar surface area (TPSA) is 0 Å². The van der Waals surface area contributed by atoms with Crippen LogP contribution in [0.5, 0.6) is 0 Å². The van der Waals surface area contributed by atoms with E-state index in [1.165, 1.54) is 0 Å². The van der Waals surface area contributed by atoms with Crippen molar-refractivity contribution in [3.63, 3.8) is 0 Å². The highest BCUT2D eigenvalue weighted by Gasteiger charge is 2.03. The second-order valence-corrected chi connectivity index (χ2v) is 4.08. The van der Waals surface area contributed by atoms with Crippen LogP contribution in [0.1, 0.15) is 11.5 Å². The molecule has 2 heteroatoms. The van der Waals surface area contributed by atoms with E-state index < -0.39 is 0 Å². The maximum Gasteiger partial charge on any atom is 0.0420 e. The van der Waals surface area contributed by atoms with E-state index in [1.807, 2.05) is 24.5 Å². The monoisotopic (exact) mass is 211 g/mol. The van der Waals surface area contributed by atoms with Crippen molar-refractivity contribution in [1.29, 1.82) is 0 Å². The van der Waals surface area contributed by atoms with Crippen LogP contribution < -0.4 is 0 Å². The Morgan fingerprint density at radius 1 is 1.46 bits per heavy atom. The zero-order valence-electron chi connectivity index (χ0n) is 7.59. The van der Waals surface area contributed by atoms with Crippen molar-refractivity contribution in [3.05, 3.63) is 48.4 Å². The Kier molecular flexibility index (Phi) is 3.89. The molecule has 0 aliphatic carbocycles. The van der Waals surface area contributed by atoms with Crippen LogP contribution in [0.25, 0.3) is 0 Å². The lowest BCUT2D eigenvalue weighted by molar-refractivity contribution is 1.07. The van der Waals surface area contributed by atoms with Crippen LogP contribution in [0.3, 0.4) is 0 Å². The fourth-order valence-corrected chi connectivity index (χ4v) is 1.86. The summed E-state index contributed by atoms with van der Waals surface area (Å²) in [5.41, 5.74) is 1.12. The molecule has 0 spiro atoms. The van der Waals surface area contributed by atoms with Gasteiger partial charge in [0.2, 0.25) is 0 Å². The molecular formula is C11H12ClS. The third kappa shape index (κ3) is 2.78. The minimum atomic E-state index is 0.115. The second-order valence-electron chi connectivity index (χ2n) is 2.77. The van der Waals surface area contributed by atoms with E-state index >= 15 is 0 Å². The largest absolute Gasteiger partial charge is 0.130 e. The average Bonchev–Trinajstić information content (AvgIpc) is 2.15. The molecule has 1 unspecified atom stereocenters. The third-order valence-electron chi connectivity index (χ3n) is 1.84. The van der Waals surface area contributed by atoms with Crippen molar-refractivity contribution >= 4 is 23.4 Å². The highest BCUT2D eigenvalue weighted by molar-refractivity contribution is 7.98. The molecular weight excluding hydrogens is 200 g/mol. The van der Waals surface area contributed by atoms with Crippen LogP contribution in [0, 0.1) is 6.92 Å². The summed E-state index contributed by atoms with van der Waals surface area (Å²) < 4.78 is 0. The van der Waals surface area contributed by atoms with Gasteiger partial charge in [-0.3, -0.25) is 0 Å². The van der Waals surface area contributed by atoms with Gasteiger partial charge in [0.25, 0.3) is 0 Å². The van der Waals surface area contributed by atoms with Crippen molar-refractivity contribution in [3.8, 4) is 0 Å². The number of rotatable bonds is 3. The van der Waals surface area contributed by atoms with Crippen molar-refractivity contribution in [2.45, 2.75) is 10.8 Å². The van der Waals surface area contributed by atoms with E-state index in [-0.39, 0.29) is 5.92 Å². The molecule has 0 nitrogen and oxygen atoms in total. The summed E-state index contributed by atoms with van der Waals surface area (Å²) in [4.78, 5) is 1.16. The molecule has 0 saturated heterocycles. The highest BCUT2D eigenvalue weighted by atomic mass is 35.5. The third-order valence-corrected chi connectivity index (χ3v) is 2.77. The lowest BCUT2D eigenvalue weighted by atomic mass is 10.0. The summed E-state index contributed by atoms with van der Waals surface area (Å²) in [6, 6.07) is 5.97. The zero-order valence-corrected chi connectivity index (χ0v) is 9.16. The van der Waals surface area contributed by atoms with E-state index in [0.29, 0.717) is 0 Å². The van der Waals surface area contributed by atoms with Gasteiger partial charge in [0, 0.05) is 15.8 Å². The van der Waals surface area contributed by atoms with Crippen LogP contribution in [-0.2, 0) is 0 Å². The fraction of sp³-hybridized carbons (Fsp3) is 0.182. The summed E-state index contributed by atoms with van der Waals surface area (Å²) in [7, 11) is 0. The van der Waals surface area contributed by atoms with E-state index in [1.54, 1.807) is 11.8 Å². The van der Waals surface area contributed by atoms with Crippen LogP contribution in [0.15, 0.2) is 35.7 Å². The van der Waals surface area contributed by atoms with E-state index in [2.05, 4.69) is 19.6 Å². The van der Waals surface area contributed by atoms with Crippen LogP contribution in [0.4, 0.5) is 0 Å². The van der Waals surface area contributed by atoms with Crippen LogP contribution in [0.2, 0.25) is 5.02 Å². The Balaban J connectivity index is 3.07. The first kappa shape index (κ1) is 10.7. The number of halogens is 1. The highest BCUT2D eigenvalue weighted by Crippen LogP contribution is 2.26. The molecule has 1 rings (SSSR count). The van der Waals surface area contributed by atoms with Crippen LogP contribution in [-0.4, -0.2) is 6.26 Å². The zero-order chi connectivity index (χ0) is 9.84. The molecule has 1 radical (unpaired) electrons. The van der Waals surface area contributed by atoms with Gasteiger partial charge in [0.15, 0.2) is 0 Å². The Hall–Kier alpha value is -0.400. The minimum absolute atomic E-state index is 0.115. The molecule has 0 heterocycles. The molecule has 0 amide bonds. The predicted octanol–water partition coefficient (Wildman–Crippen LogP) is 4.17. The molecule has 0 aliphatic heterocycles. The van der Waals surface area contributed by atoms with Crippen LogP contribution >= 0.6 is 23.4 Å². The van der Waals surface area contributed by atoms with Gasteiger partial charge < -0.3 is 0 Å². The Labute approximate surface area is 89.0 Å². The van der Waals surface area contributed by atoms with Gasteiger partial charge in [-0.05, 0) is 36.9 Å². The second kappa shape index (κ2) is 4.73. The first-order valence-electron chi connectivity index (χ1n) is 3.97. The molecule has 1 aromatic rings. The Bertz CT molecular complexity index is 307. The number of benzene rings is 1. The van der Waals surface area contributed by atoms with Crippen molar-refractivity contribution in [2.75, 3.05) is 6.26 Å². The summed E-state index contributed by atoms with van der Waals surface area (Å²) in [5.74, 6) is 0.115. The molecule has 69 valence electrons. The van der Waals surface area contributed by atoms with Gasteiger partial charge in [-0.1, -0.05) is 17.7 Å². The number of hydrogen-bond donors (Lipinski definition) is 0. The van der Waals surface area contributed by atoms with Crippen molar-refractivity contribution in [1.82, 2.24) is 0 Å². The van der Waals surface area contributed by atoms with Gasteiger partial charge in [0.05, 0.1) is 0 Å². The SMILES string of the molecule is [CH2]C(C=C)c1cc(Cl)cc(SC)c1. The van der Waals surface area contributed by atoms with E-state index in [4.69, 9.17) is 11.6 Å². The van der Waals surface area contributed by atoms with Gasteiger partial charge in [-0.25, -0.2) is 0 Å².